The fourth-order valence-corrected chi connectivity index (χ4v) is 12.1. The van der Waals surface area contributed by atoms with Gasteiger partial charge < -0.3 is 2.85 Å². The molecule has 2 rings (SSSR count). The zero-order chi connectivity index (χ0) is 14.3. The molecule has 0 fully saturated rings. The van der Waals surface area contributed by atoms with E-state index in [0.29, 0.717) is 0 Å². The molecule has 3 heteroatoms. The second-order valence-corrected chi connectivity index (χ2v) is 20.0. The van der Waals surface area contributed by atoms with Crippen LogP contribution in [0.4, 0.5) is 0 Å². The number of hydrogen-bond acceptors (Lipinski definition) is 0. The van der Waals surface area contributed by atoms with Crippen LogP contribution >= 0.6 is 0 Å². The van der Waals surface area contributed by atoms with Crippen LogP contribution in [0.1, 0.15) is 15.7 Å². The molecule has 0 heterocycles. The van der Waals surface area contributed by atoms with E-state index in [1.54, 1.807) is 10.4 Å². The Bertz CT molecular complexity index is 457. The summed E-state index contributed by atoms with van der Waals surface area (Å²) in [6, 6.07) is 0. The van der Waals surface area contributed by atoms with Gasteiger partial charge in [0.2, 0.25) is 0 Å². The van der Waals surface area contributed by atoms with Crippen molar-refractivity contribution in [1.29, 1.82) is 0 Å². The summed E-state index contributed by atoms with van der Waals surface area (Å²) in [7, 11) is -2.27. The van der Waals surface area contributed by atoms with Crippen molar-refractivity contribution >= 4 is 16.1 Å². The first-order chi connectivity index (χ1) is 8.69. The molecule has 2 aliphatic rings. The van der Waals surface area contributed by atoms with Crippen molar-refractivity contribution in [1.82, 2.24) is 0 Å². The predicted octanol–water partition coefficient (Wildman–Crippen LogP) is 5.48. The molecule has 0 saturated heterocycles. The molecule has 0 radical (unpaired) electrons. The Kier molecular flexibility index (Phi) is 4.47. The van der Waals surface area contributed by atoms with Gasteiger partial charge in [-0.3, -0.25) is 0 Å². The van der Waals surface area contributed by atoms with E-state index in [1.807, 2.05) is 7.76 Å². The van der Waals surface area contributed by atoms with Crippen LogP contribution in [0.15, 0.2) is 42.5 Å². The molecular weight excluding hydrogens is 296 g/mol. The van der Waals surface area contributed by atoms with Crippen LogP contribution in [0.3, 0.4) is 0 Å². The van der Waals surface area contributed by atoms with E-state index in [4.69, 9.17) is 0 Å². The summed E-state index contributed by atoms with van der Waals surface area (Å²) in [5.41, 5.74) is 0. The minimum Gasteiger partial charge on any atom is -1.00 e. The van der Waals surface area contributed by atoms with Crippen LogP contribution in [-0.4, -0.2) is 16.1 Å². The molecule has 19 heavy (non-hydrogen) atoms. The summed E-state index contributed by atoms with van der Waals surface area (Å²) in [5.74, 6) is 0. The maximum Gasteiger partial charge on any atom is -1.00 e. The first-order valence-electron chi connectivity index (χ1n) is 7.27. The van der Waals surface area contributed by atoms with E-state index < -0.39 is 16.1 Å². The average Bonchev–Trinajstić information content (AvgIpc) is 2.83. The monoisotopic (exact) mass is 324 g/mol. The number of allylic oxidation sites excluding steroid dienone is 8. The van der Waals surface area contributed by atoms with Gasteiger partial charge in [-0.2, -0.15) is 0 Å². The quantitative estimate of drug-likeness (QED) is 0.601. The topological polar surface area (TPSA) is 0 Å². The molecule has 0 N–H and O–H groups in total. The molecule has 0 aromatic carbocycles. The molecule has 0 bridgehead atoms. The molecule has 0 atom stereocenters. The summed E-state index contributed by atoms with van der Waals surface area (Å²) in [6.07, 6.45) is 12.2. The second kappa shape index (κ2) is 5.48. The molecule has 0 unspecified atom stereocenters. The molecular formula is C16H28Si2Ti. The molecule has 2 aliphatic carbocycles. The van der Waals surface area contributed by atoms with Gasteiger partial charge in [-0.1, -0.05) is 0 Å². The third-order valence-corrected chi connectivity index (χ3v) is 11.2. The largest absolute Gasteiger partial charge is 1.00 e. The molecule has 0 aliphatic heterocycles. The summed E-state index contributed by atoms with van der Waals surface area (Å²) in [6.45, 7) is 14.9. The van der Waals surface area contributed by atoms with Crippen molar-refractivity contribution in [3.63, 3.8) is 0 Å². The standard InChI is InChI=1S/2C8H13Si.Ti.2H/c2*1-9(2,3)8-6-4-5-7-8;;;/h2*4,6H,5H2,1-3H3;;;/q;;+2;2*-1. The average molecular weight is 324 g/mol. The van der Waals surface area contributed by atoms with E-state index in [0.717, 1.165) is 0 Å². The summed E-state index contributed by atoms with van der Waals surface area (Å²) in [4.78, 5) is 0. The van der Waals surface area contributed by atoms with Crippen molar-refractivity contribution in [2.24, 2.45) is 0 Å². The van der Waals surface area contributed by atoms with Crippen molar-refractivity contribution in [2.75, 3.05) is 0 Å². The van der Waals surface area contributed by atoms with Crippen molar-refractivity contribution in [3.8, 4) is 0 Å². The van der Waals surface area contributed by atoms with Gasteiger partial charge in [0, 0.05) is 0 Å². The first kappa shape index (κ1) is 15.5. The Morgan fingerprint density at radius 1 is 0.789 bits per heavy atom. The molecule has 0 saturated carbocycles. The molecule has 0 nitrogen and oxygen atoms in total. The Balaban J connectivity index is 0.00000200. The van der Waals surface area contributed by atoms with Gasteiger partial charge in [0.1, 0.15) is 0 Å². The first-order valence-corrected chi connectivity index (χ1v) is 15.8. The number of rotatable bonds is 4. The normalized spacial score (nSPS) is 19.7. The summed E-state index contributed by atoms with van der Waals surface area (Å²) in [5, 5.41) is 3.53. The Labute approximate surface area is 132 Å². The van der Waals surface area contributed by atoms with Crippen molar-refractivity contribution < 1.29 is 22.0 Å². The molecule has 0 aromatic heterocycles. The molecule has 0 spiro atoms. The van der Waals surface area contributed by atoms with E-state index in [2.05, 4.69) is 63.6 Å². The van der Waals surface area contributed by atoms with Gasteiger partial charge in [-0.25, -0.2) is 0 Å². The Hall–Kier alpha value is 0.108. The van der Waals surface area contributed by atoms with Crippen LogP contribution in [0.25, 0.3) is 0 Å². The Morgan fingerprint density at radius 3 is 1.47 bits per heavy atom. The van der Waals surface area contributed by atoms with Crippen molar-refractivity contribution in [3.05, 3.63) is 42.5 Å². The van der Waals surface area contributed by atoms with Gasteiger partial charge in [0.05, 0.1) is 0 Å². The second-order valence-electron chi connectivity index (χ2n) is 7.62. The minimum atomic E-state index is -1.13. The van der Waals surface area contributed by atoms with Crippen LogP contribution in [0.2, 0.25) is 39.3 Å². The third kappa shape index (κ3) is 3.60. The van der Waals surface area contributed by atoms with Gasteiger partial charge >= 0.3 is 130 Å². The van der Waals surface area contributed by atoms with Gasteiger partial charge in [-0.05, 0) is 0 Å². The van der Waals surface area contributed by atoms with E-state index >= 15 is 0 Å². The fraction of sp³-hybridized carbons (Fsp3) is 0.500. The fourth-order valence-electron chi connectivity index (χ4n) is 2.83. The predicted molar refractivity (Wildman–Crippen MR) is 90.5 cm³/mol. The van der Waals surface area contributed by atoms with Crippen LogP contribution in [0, 0.1) is 0 Å². The summed E-state index contributed by atoms with van der Waals surface area (Å²) >= 11 is -0.0444. The molecule has 104 valence electrons. The maximum absolute atomic E-state index is 2.49. The van der Waals surface area contributed by atoms with Crippen LogP contribution in [0.5, 0.6) is 0 Å². The van der Waals surface area contributed by atoms with E-state index in [1.165, 1.54) is 12.8 Å². The van der Waals surface area contributed by atoms with Crippen molar-refractivity contribution in [2.45, 2.75) is 52.1 Å². The molecule has 0 aromatic rings. The minimum absolute atomic E-state index is 0. The van der Waals surface area contributed by atoms with Crippen LogP contribution in [-0.2, 0) is 19.2 Å². The van der Waals surface area contributed by atoms with Gasteiger partial charge in [0.15, 0.2) is 0 Å². The smallest absolute Gasteiger partial charge is 1.00 e. The Morgan fingerprint density at radius 2 is 1.16 bits per heavy atom. The third-order valence-electron chi connectivity index (χ3n) is 3.78. The zero-order valence-electron chi connectivity index (χ0n) is 15.2. The number of hydrogen-bond donors (Lipinski definition) is 0. The van der Waals surface area contributed by atoms with Gasteiger partial charge in [0.25, 0.3) is 0 Å². The van der Waals surface area contributed by atoms with E-state index in [-0.39, 0.29) is 22.0 Å². The summed E-state index contributed by atoms with van der Waals surface area (Å²) < 4.78 is 3.68. The SMILES string of the molecule is C[Si](C)(C)C1=[C]([Ti+2][C]2=C([Si](C)(C)C)C=CC2)CC=C1.[H-].[H-]. The zero-order valence-corrected chi connectivity index (χ0v) is 16.8. The van der Waals surface area contributed by atoms with E-state index in [9.17, 15) is 0 Å². The maximum atomic E-state index is 2.49. The molecule has 0 amide bonds. The van der Waals surface area contributed by atoms with Crippen LogP contribution < -0.4 is 0 Å². The van der Waals surface area contributed by atoms with Gasteiger partial charge in [-0.15, -0.1) is 0 Å².